The van der Waals surface area contributed by atoms with Crippen LogP contribution in [0.25, 0.3) is 0 Å². The third kappa shape index (κ3) is 4.50. The molecule has 0 aliphatic carbocycles. The zero-order valence-electron chi connectivity index (χ0n) is 12.0. The van der Waals surface area contributed by atoms with Crippen LogP contribution >= 0.6 is 0 Å². The van der Waals surface area contributed by atoms with E-state index in [9.17, 15) is 13.2 Å². The predicted octanol–water partition coefficient (Wildman–Crippen LogP) is 2.56. The highest BCUT2D eigenvalue weighted by Gasteiger charge is 2.30. The number of likely N-dealkylation sites (N-methyl/N-ethyl adjacent to an activating group) is 2. The smallest absolute Gasteiger partial charge is 0.401 e. The average molecular weight is 304 g/mol. The van der Waals surface area contributed by atoms with Gasteiger partial charge in [0, 0.05) is 12.6 Å². The quantitative estimate of drug-likeness (QED) is 0.876. The monoisotopic (exact) mass is 304 g/mol. The van der Waals surface area contributed by atoms with E-state index in [0.717, 1.165) is 5.56 Å². The predicted molar refractivity (Wildman–Crippen MR) is 72.5 cm³/mol. The van der Waals surface area contributed by atoms with Gasteiger partial charge in [-0.3, -0.25) is 4.90 Å². The first-order valence-corrected chi connectivity index (χ1v) is 6.77. The Morgan fingerprint density at radius 3 is 2.67 bits per heavy atom. The standard InChI is InChI=1S/C14H19F3N2O2/c1-3-18-11(7-19(2)8-14(15,16)17)10-4-5-12-13(6-10)21-9-20-12/h4-6,11,18H,3,7-9H2,1-2H3. The highest BCUT2D eigenvalue weighted by Crippen LogP contribution is 2.34. The van der Waals surface area contributed by atoms with Gasteiger partial charge < -0.3 is 14.8 Å². The van der Waals surface area contributed by atoms with Gasteiger partial charge >= 0.3 is 6.18 Å². The number of halogens is 3. The van der Waals surface area contributed by atoms with Crippen LogP contribution in [0.4, 0.5) is 13.2 Å². The molecule has 4 nitrogen and oxygen atoms in total. The van der Waals surface area contributed by atoms with Crippen molar-refractivity contribution < 1.29 is 22.6 Å². The Morgan fingerprint density at radius 1 is 1.29 bits per heavy atom. The van der Waals surface area contributed by atoms with Gasteiger partial charge in [0.05, 0.1) is 6.54 Å². The summed E-state index contributed by atoms with van der Waals surface area (Å²) in [4.78, 5) is 1.26. The minimum atomic E-state index is -4.19. The van der Waals surface area contributed by atoms with E-state index in [1.54, 1.807) is 6.07 Å². The van der Waals surface area contributed by atoms with Crippen molar-refractivity contribution >= 4 is 0 Å². The molecular formula is C14H19F3N2O2. The van der Waals surface area contributed by atoms with Crippen LogP contribution in [-0.2, 0) is 0 Å². The molecule has 0 amide bonds. The topological polar surface area (TPSA) is 33.7 Å². The Bertz CT molecular complexity index is 480. The second kappa shape index (κ2) is 6.53. The van der Waals surface area contributed by atoms with E-state index in [0.29, 0.717) is 18.0 Å². The zero-order chi connectivity index (χ0) is 15.5. The van der Waals surface area contributed by atoms with Crippen molar-refractivity contribution in [1.29, 1.82) is 0 Å². The third-order valence-electron chi connectivity index (χ3n) is 3.19. The van der Waals surface area contributed by atoms with E-state index >= 15 is 0 Å². The molecular weight excluding hydrogens is 285 g/mol. The molecule has 0 radical (unpaired) electrons. The number of hydrogen-bond acceptors (Lipinski definition) is 4. The summed E-state index contributed by atoms with van der Waals surface area (Å²) in [5.41, 5.74) is 0.884. The lowest BCUT2D eigenvalue weighted by molar-refractivity contribution is -0.143. The molecule has 7 heteroatoms. The first kappa shape index (κ1) is 15.9. The van der Waals surface area contributed by atoms with Crippen molar-refractivity contribution in [2.75, 3.05) is 33.5 Å². The maximum atomic E-state index is 12.4. The molecule has 0 fully saturated rings. The average Bonchev–Trinajstić information content (AvgIpc) is 2.83. The van der Waals surface area contributed by atoms with Gasteiger partial charge in [0.1, 0.15) is 0 Å². The highest BCUT2D eigenvalue weighted by atomic mass is 19.4. The van der Waals surface area contributed by atoms with Crippen molar-refractivity contribution in [3.8, 4) is 11.5 Å². The lowest BCUT2D eigenvalue weighted by Crippen LogP contribution is -2.38. The fraction of sp³-hybridized carbons (Fsp3) is 0.571. The molecule has 1 atom stereocenters. The number of ether oxygens (including phenoxy) is 2. The molecule has 1 heterocycles. The number of nitrogens with one attached hydrogen (secondary N) is 1. The molecule has 1 aliphatic heterocycles. The Balaban J connectivity index is 2.08. The highest BCUT2D eigenvalue weighted by molar-refractivity contribution is 5.45. The van der Waals surface area contributed by atoms with Gasteiger partial charge in [-0.15, -0.1) is 0 Å². The number of fused-ring (bicyclic) bond motifs is 1. The number of rotatable bonds is 6. The first-order valence-electron chi connectivity index (χ1n) is 6.77. The molecule has 1 unspecified atom stereocenters. The van der Waals surface area contributed by atoms with E-state index in [1.807, 2.05) is 19.1 Å². The molecule has 0 bridgehead atoms. The van der Waals surface area contributed by atoms with Crippen LogP contribution in [0.15, 0.2) is 18.2 Å². The van der Waals surface area contributed by atoms with E-state index < -0.39 is 12.7 Å². The Kier molecular flexibility index (Phi) is 4.95. The van der Waals surface area contributed by atoms with Crippen molar-refractivity contribution in [3.05, 3.63) is 23.8 Å². The SMILES string of the molecule is CCNC(CN(C)CC(F)(F)F)c1ccc2c(c1)OCO2. The normalized spacial score (nSPS) is 15.5. The van der Waals surface area contributed by atoms with Gasteiger partial charge in [-0.05, 0) is 31.3 Å². The second-order valence-electron chi connectivity index (χ2n) is 5.03. The Morgan fingerprint density at radius 2 is 2.00 bits per heavy atom. The molecule has 1 aromatic carbocycles. The minimum absolute atomic E-state index is 0.179. The largest absolute Gasteiger partial charge is 0.454 e. The fourth-order valence-electron chi connectivity index (χ4n) is 2.35. The number of hydrogen-bond donors (Lipinski definition) is 1. The third-order valence-corrected chi connectivity index (χ3v) is 3.19. The van der Waals surface area contributed by atoms with E-state index in [2.05, 4.69) is 5.32 Å². The van der Waals surface area contributed by atoms with Gasteiger partial charge in [0.2, 0.25) is 6.79 Å². The molecule has 0 saturated carbocycles. The second-order valence-corrected chi connectivity index (χ2v) is 5.03. The maximum absolute atomic E-state index is 12.4. The number of benzene rings is 1. The summed E-state index contributed by atoms with van der Waals surface area (Å²) in [5, 5.41) is 3.20. The molecule has 1 aromatic rings. The summed E-state index contributed by atoms with van der Waals surface area (Å²) in [6.07, 6.45) is -4.19. The molecule has 118 valence electrons. The van der Waals surface area contributed by atoms with Crippen LogP contribution in [0.5, 0.6) is 11.5 Å². The minimum Gasteiger partial charge on any atom is -0.454 e. The molecule has 0 aromatic heterocycles. The van der Waals surface area contributed by atoms with Crippen LogP contribution in [0.3, 0.4) is 0 Å². The molecule has 1 aliphatic rings. The van der Waals surface area contributed by atoms with Crippen molar-refractivity contribution in [2.45, 2.75) is 19.1 Å². The lowest BCUT2D eigenvalue weighted by Gasteiger charge is -2.26. The van der Waals surface area contributed by atoms with Gasteiger partial charge in [-0.2, -0.15) is 13.2 Å². The van der Waals surface area contributed by atoms with Gasteiger partial charge in [-0.1, -0.05) is 13.0 Å². The summed E-state index contributed by atoms with van der Waals surface area (Å²) in [6.45, 7) is 2.09. The van der Waals surface area contributed by atoms with Crippen molar-refractivity contribution in [1.82, 2.24) is 10.2 Å². The van der Waals surface area contributed by atoms with E-state index in [1.165, 1.54) is 11.9 Å². The van der Waals surface area contributed by atoms with Crippen LogP contribution in [0.1, 0.15) is 18.5 Å². The summed E-state index contributed by atoms with van der Waals surface area (Å²) in [7, 11) is 1.46. The Labute approximate surface area is 121 Å². The molecule has 0 spiro atoms. The number of alkyl halides is 3. The first-order chi connectivity index (χ1) is 9.89. The van der Waals surface area contributed by atoms with Gasteiger partial charge in [0.15, 0.2) is 11.5 Å². The maximum Gasteiger partial charge on any atom is 0.401 e. The van der Waals surface area contributed by atoms with Crippen LogP contribution in [0, 0.1) is 0 Å². The van der Waals surface area contributed by atoms with E-state index in [4.69, 9.17) is 9.47 Å². The van der Waals surface area contributed by atoms with Crippen LogP contribution in [-0.4, -0.2) is 44.6 Å². The Hall–Kier alpha value is -1.47. The zero-order valence-corrected chi connectivity index (χ0v) is 12.0. The summed E-state index contributed by atoms with van der Waals surface area (Å²) < 4.78 is 47.8. The summed E-state index contributed by atoms with van der Waals surface area (Å²) >= 11 is 0. The van der Waals surface area contributed by atoms with Gasteiger partial charge in [0.25, 0.3) is 0 Å². The fourth-order valence-corrected chi connectivity index (χ4v) is 2.35. The van der Waals surface area contributed by atoms with E-state index in [-0.39, 0.29) is 19.4 Å². The molecule has 21 heavy (non-hydrogen) atoms. The molecule has 2 rings (SSSR count). The number of nitrogens with zero attached hydrogens (tertiary/aromatic N) is 1. The molecule has 0 saturated heterocycles. The summed E-state index contributed by atoms with van der Waals surface area (Å²) in [6, 6.07) is 5.25. The molecule has 1 N–H and O–H groups in total. The van der Waals surface area contributed by atoms with Crippen LogP contribution < -0.4 is 14.8 Å². The van der Waals surface area contributed by atoms with Crippen molar-refractivity contribution in [3.63, 3.8) is 0 Å². The van der Waals surface area contributed by atoms with Crippen molar-refractivity contribution in [2.24, 2.45) is 0 Å². The van der Waals surface area contributed by atoms with Crippen LogP contribution in [0.2, 0.25) is 0 Å². The van der Waals surface area contributed by atoms with Gasteiger partial charge in [-0.25, -0.2) is 0 Å². The lowest BCUT2D eigenvalue weighted by atomic mass is 10.1. The summed E-state index contributed by atoms with van der Waals surface area (Å²) in [5.74, 6) is 1.30.